The van der Waals surface area contributed by atoms with Crippen LogP contribution in [-0.4, -0.2) is 17.2 Å². The fourth-order valence-electron chi connectivity index (χ4n) is 2.38. The van der Waals surface area contributed by atoms with E-state index in [-0.39, 0.29) is 0 Å². The van der Waals surface area contributed by atoms with Crippen molar-refractivity contribution in [1.82, 2.24) is 4.98 Å². The number of nitrogens with zero attached hydrogens (tertiary/aromatic N) is 1. The summed E-state index contributed by atoms with van der Waals surface area (Å²) in [6.45, 7) is 0. The molecular weight excluding hydrogens is 286 g/mol. The standard InChI is InChI=1S/C17H14ClNO2/c1-21-16-10-11(6-7-14(16)18)17(20)13-8-9-19-15-5-3-2-4-12(13)15/h2-10,17,20H,1H3. The van der Waals surface area contributed by atoms with Gasteiger partial charge in [-0.15, -0.1) is 0 Å². The SMILES string of the molecule is COc1cc(C(O)c2ccnc3ccccc23)ccc1Cl. The summed E-state index contributed by atoms with van der Waals surface area (Å²) in [4.78, 5) is 4.31. The van der Waals surface area contributed by atoms with Gasteiger partial charge in [0.25, 0.3) is 0 Å². The quantitative estimate of drug-likeness (QED) is 0.795. The summed E-state index contributed by atoms with van der Waals surface area (Å²) < 4.78 is 5.20. The highest BCUT2D eigenvalue weighted by Crippen LogP contribution is 2.32. The molecule has 3 rings (SSSR count). The molecule has 4 heteroatoms. The van der Waals surface area contributed by atoms with Crippen LogP contribution in [0.1, 0.15) is 17.2 Å². The number of para-hydroxylation sites is 1. The predicted octanol–water partition coefficient (Wildman–Crippen LogP) is 3.98. The number of pyridine rings is 1. The molecule has 1 N–H and O–H groups in total. The minimum absolute atomic E-state index is 0.521. The van der Waals surface area contributed by atoms with Gasteiger partial charge in [0.15, 0.2) is 0 Å². The fraction of sp³-hybridized carbons (Fsp3) is 0.118. The summed E-state index contributed by atoms with van der Waals surface area (Å²) in [6, 6.07) is 14.8. The number of ether oxygens (including phenoxy) is 1. The number of methoxy groups -OCH3 is 1. The summed E-state index contributed by atoms with van der Waals surface area (Å²) in [5.74, 6) is 0.548. The monoisotopic (exact) mass is 299 g/mol. The molecule has 0 bridgehead atoms. The van der Waals surface area contributed by atoms with E-state index >= 15 is 0 Å². The Morgan fingerprint density at radius 2 is 1.95 bits per heavy atom. The van der Waals surface area contributed by atoms with E-state index in [1.165, 1.54) is 0 Å². The Morgan fingerprint density at radius 3 is 2.76 bits per heavy atom. The molecule has 0 aliphatic rings. The second-order valence-electron chi connectivity index (χ2n) is 4.71. The molecule has 1 unspecified atom stereocenters. The summed E-state index contributed by atoms with van der Waals surface area (Å²) in [5, 5.41) is 12.1. The zero-order chi connectivity index (χ0) is 14.8. The molecule has 0 radical (unpaired) electrons. The number of halogens is 1. The molecule has 0 aliphatic carbocycles. The van der Waals surface area contributed by atoms with E-state index in [4.69, 9.17) is 16.3 Å². The molecule has 0 fully saturated rings. The van der Waals surface area contributed by atoms with Crippen LogP contribution in [0.25, 0.3) is 10.9 Å². The first-order valence-corrected chi connectivity index (χ1v) is 6.93. The van der Waals surface area contributed by atoms with Gasteiger partial charge in [0, 0.05) is 11.6 Å². The van der Waals surface area contributed by atoms with Gasteiger partial charge in [-0.25, -0.2) is 0 Å². The second kappa shape index (κ2) is 5.72. The van der Waals surface area contributed by atoms with Crippen molar-refractivity contribution in [3.05, 3.63) is 70.9 Å². The molecule has 0 saturated heterocycles. The van der Waals surface area contributed by atoms with Crippen molar-refractivity contribution in [3.8, 4) is 5.75 Å². The third-order valence-electron chi connectivity index (χ3n) is 3.47. The van der Waals surface area contributed by atoms with Crippen LogP contribution >= 0.6 is 11.6 Å². The van der Waals surface area contributed by atoms with E-state index in [2.05, 4.69) is 4.98 Å². The Hall–Kier alpha value is -2.10. The highest BCUT2D eigenvalue weighted by Gasteiger charge is 2.15. The number of aliphatic hydroxyl groups excluding tert-OH is 1. The van der Waals surface area contributed by atoms with Crippen LogP contribution in [0.2, 0.25) is 5.02 Å². The zero-order valence-electron chi connectivity index (χ0n) is 11.5. The molecule has 2 aromatic carbocycles. The highest BCUT2D eigenvalue weighted by atomic mass is 35.5. The Morgan fingerprint density at radius 1 is 1.14 bits per heavy atom. The van der Waals surface area contributed by atoms with Crippen LogP contribution < -0.4 is 4.74 Å². The van der Waals surface area contributed by atoms with E-state index < -0.39 is 6.10 Å². The first-order valence-electron chi connectivity index (χ1n) is 6.56. The van der Waals surface area contributed by atoms with Gasteiger partial charge in [0.2, 0.25) is 0 Å². The number of hydrogen-bond acceptors (Lipinski definition) is 3. The molecule has 0 spiro atoms. The number of fused-ring (bicyclic) bond motifs is 1. The molecule has 106 valence electrons. The van der Waals surface area contributed by atoms with Gasteiger partial charge < -0.3 is 9.84 Å². The molecule has 1 heterocycles. The lowest BCUT2D eigenvalue weighted by atomic mass is 9.98. The smallest absolute Gasteiger partial charge is 0.137 e. The van der Waals surface area contributed by atoms with Crippen molar-refractivity contribution in [1.29, 1.82) is 0 Å². The number of rotatable bonds is 3. The molecule has 3 aromatic rings. The Balaban J connectivity index is 2.10. The average Bonchev–Trinajstić information content (AvgIpc) is 2.54. The minimum Gasteiger partial charge on any atom is -0.495 e. The first-order chi connectivity index (χ1) is 10.2. The van der Waals surface area contributed by atoms with Crippen molar-refractivity contribution in [2.24, 2.45) is 0 Å². The second-order valence-corrected chi connectivity index (χ2v) is 5.12. The number of aromatic nitrogens is 1. The van der Waals surface area contributed by atoms with Crippen molar-refractivity contribution in [2.75, 3.05) is 7.11 Å². The van der Waals surface area contributed by atoms with Crippen molar-refractivity contribution in [2.45, 2.75) is 6.10 Å². The van der Waals surface area contributed by atoms with Gasteiger partial charge in [-0.2, -0.15) is 0 Å². The van der Waals surface area contributed by atoms with Gasteiger partial charge >= 0.3 is 0 Å². The first kappa shape index (κ1) is 13.9. The maximum Gasteiger partial charge on any atom is 0.137 e. The van der Waals surface area contributed by atoms with E-state index in [1.54, 1.807) is 31.5 Å². The summed E-state index contributed by atoms with van der Waals surface area (Å²) in [6.07, 6.45) is 0.942. The van der Waals surface area contributed by atoms with Crippen LogP contribution in [-0.2, 0) is 0 Å². The van der Waals surface area contributed by atoms with E-state index in [9.17, 15) is 5.11 Å². The largest absolute Gasteiger partial charge is 0.495 e. The molecule has 0 amide bonds. The van der Waals surface area contributed by atoms with Gasteiger partial charge in [-0.05, 0) is 35.4 Å². The van der Waals surface area contributed by atoms with Crippen molar-refractivity contribution in [3.63, 3.8) is 0 Å². The van der Waals surface area contributed by atoms with Crippen LogP contribution in [0, 0.1) is 0 Å². The average molecular weight is 300 g/mol. The van der Waals surface area contributed by atoms with Gasteiger partial charge in [-0.1, -0.05) is 35.9 Å². The van der Waals surface area contributed by atoms with E-state index in [1.807, 2.05) is 30.3 Å². The number of benzene rings is 2. The minimum atomic E-state index is -0.760. The molecule has 21 heavy (non-hydrogen) atoms. The number of aliphatic hydroxyl groups is 1. The summed E-state index contributed by atoms with van der Waals surface area (Å²) in [7, 11) is 1.55. The van der Waals surface area contributed by atoms with Crippen LogP contribution in [0.5, 0.6) is 5.75 Å². The molecule has 3 nitrogen and oxygen atoms in total. The topological polar surface area (TPSA) is 42.4 Å². The zero-order valence-corrected chi connectivity index (χ0v) is 12.2. The Kier molecular flexibility index (Phi) is 3.78. The Labute approximate surface area is 127 Å². The lowest BCUT2D eigenvalue weighted by molar-refractivity contribution is 0.221. The summed E-state index contributed by atoms with van der Waals surface area (Å²) >= 11 is 6.03. The summed E-state index contributed by atoms with van der Waals surface area (Å²) in [5.41, 5.74) is 2.40. The predicted molar refractivity (Wildman–Crippen MR) is 83.8 cm³/mol. The molecule has 1 atom stereocenters. The van der Waals surface area contributed by atoms with Crippen molar-refractivity contribution >= 4 is 22.5 Å². The molecular formula is C17H14ClNO2. The van der Waals surface area contributed by atoms with Crippen LogP contribution in [0.3, 0.4) is 0 Å². The number of hydrogen-bond donors (Lipinski definition) is 1. The highest BCUT2D eigenvalue weighted by molar-refractivity contribution is 6.32. The molecule has 0 saturated carbocycles. The Bertz CT molecular complexity index is 783. The van der Waals surface area contributed by atoms with E-state index in [0.717, 1.165) is 22.0 Å². The van der Waals surface area contributed by atoms with Crippen molar-refractivity contribution < 1.29 is 9.84 Å². The molecule has 0 aliphatic heterocycles. The van der Waals surface area contributed by atoms with Gasteiger partial charge in [0.1, 0.15) is 11.9 Å². The van der Waals surface area contributed by atoms with Crippen LogP contribution in [0.15, 0.2) is 54.7 Å². The normalized spacial score (nSPS) is 12.3. The maximum absolute atomic E-state index is 10.7. The van der Waals surface area contributed by atoms with Crippen LogP contribution in [0.4, 0.5) is 0 Å². The maximum atomic E-state index is 10.7. The lowest BCUT2D eigenvalue weighted by Crippen LogP contribution is -2.01. The van der Waals surface area contributed by atoms with Gasteiger partial charge in [0.05, 0.1) is 17.6 Å². The molecule has 1 aromatic heterocycles. The third kappa shape index (κ3) is 2.58. The lowest BCUT2D eigenvalue weighted by Gasteiger charge is -2.15. The third-order valence-corrected chi connectivity index (χ3v) is 3.78. The fourth-order valence-corrected chi connectivity index (χ4v) is 2.58. The van der Waals surface area contributed by atoms with Gasteiger partial charge in [-0.3, -0.25) is 4.98 Å². The van der Waals surface area contributed by atoms with E-state index in [0.29, 0.717) is 10.8 Å².